The van der Waals surface area contributed by atoms with Crippen LogP contribution >= 0.6 is 11.3 Å². The predicted molar refractivity (Wildman–Crippen MR) is 103 cm³/mol. The molecule has 0 radical (unpaired) electrons. The number of ether oxygens (including phenoxy) is 3. The van der Waals surface area contributed by atoms with E-state index < -0.39 is 5.97 Å². The van der Waals surface area contributed by atoms with Gasteiger partial charge >= 0.3 is 11.9 Å². The van der Waals surface area contributed by atoms with E-state index in [1.807, 2.05) is 6.92 Å². The molecule has 9 heteroatoms. The van der Waals surface area contributed by atoms with Gasteiger partial charge in [0.05, 0.1) is 31.5 Å². The number of nitrogens with zero attached hydrogens (tertiary/aromatic N) is 2. The van der Waals surface area contributed by atoms with Crippen molar-refractivity contribution in [3.8, 4) is 11.5 Å². The third kappa shape index (κ3) is 6.70. The van der Waals surface area contributed by atoms with E-state index in [0.29, 0.717) is 35.5 Å². The molecule has 8 nitrogen and oxygen atoms in total. The van der Waals surface area contributed by atoms with Gasteiger partial charge in [0, 0.05) is 12.3 Å². The Balaban J connectivity index is 1.99. The van der Waals surface area contributed by atoms with Crippen LogP contribution in [0.15, 0.2) is 28.7 Å². The minimum absolute atomic E-state index is 0.130. The molecule has 0 unspecified atom stereocenters. The number of carbonyl (C=O) groups excluding carboxylic acids is 2. The van der Waals surface area contributed by atoms with Crippen molar-refractivity contribution in [3.05, 3.63) is 34.8 Å². The third-order valence-electron chi connectivity index (χ3n) is 3.08. The predicted octanol–water partition coefficient (Wildman–Crippen LogP) is 3.02. The van der Waals surface area contributed by atoms with Crippen molar-refractivity contribution in [1.29, 1.82) is 0 Å². The summed E-state index contributed by atoms with van der Waals surface area (Å²) in [5.74, 6) is 0.0937. The van der Waals surface area contributed by atoms with Gasteiger partial charge in [-0.1, -0.05) is 0 Å². The van der Waals surface area contributed by atoms with Crippen LogP contribution in [-0.2, 0) is 20.7 Å². The summed E-state index contributed by atoms with van der Waals surface area (Å²) in [5.41, 5.74) is 4.20. The second-order valence-corrected chi connectivity index (χ2v) is 6.09. The van der Waals surface area contributed by atoms with Crippen LogP contribution in [-0.4, -0.2) is 36.4 Å². The lowest BCUT2D eigenvalue weighted by Crippen LogP contribution is -2.07. The molecule has 1 aromatic heterocycles. The van der Waals surface area contributed by atoms with Gasteiger partial charge in [0.2, 0.25) is 5.13 Å². The Labute approximate surface area is 161 Å². The summed E-state index contributed by atoms with van der Waals surface area (Å²) in [5, 5.41) is 6.46. The van der Waals surface area contributed by atoms with Gasteiger partial charge in [-0.15, -0.1) is 11.3 Å². The van der Waals surface area contributed by atoms with Crippen molar-refractivity contribution in [2.24, 2.45) is 5.10 Å². The lowest BCUT2D eigenvalue weighted by Gasteiger charge is -2.10. The average Bonchev–Trinajstić information content (AvgIpc) is 3.04. The molecule has 1 heterocycles. The van der Waals surface area contributed by atoms with E-state index in [-0.39, 0.29) is 12.4 Å². The molecule has 27 heavy (non-hydrogen) atoms. The zero-order valence-corrected chi connectivity index (χ0v) is 16.2. The van der Waals surface area contributed by atoms with E-state index in [2.05, 4.69) is 15.5 Å². The van der Waals surface area contributed by atoms with Gasteiger partial charge < -0.3 is 14.2 Å². The first kappa shape index (κ1) is 20.4. The molecular weight excluding hydrogens is 370 g/mol. The van der Waals surface area contributed by atoms with Crippen molar-refractivity contribution in [3.63, 3.8) is 0 Å². The van der Waals surface area contributed by atoms with Crippen molar-refractivity contribution in [1.82, 2.24) is 4.98 Å². The molecule has 144 valence electrons. The number of aromatic nitrogens is 1. The number of esters is 2. The van der Waals surface area contributed by atoms with E-state index in [4.69, 9.17) is 14.2 Å². The van der Waals surface area contributed by atoms with Gasteiger partial charge in [-0.25, -0.2) is 4.98 Å². The van der Waals surface area contributed by atoms with E-state index in [0.717, 1.165) is 5.56 Å². The fraction of sp³-hybridized carbons (Fsp3) is 0.333. The van der Waals surface area contributed by atoms with Crippen molar-refractivity contribution in [2.45, 2.75) is 27.2 Å². The van der Waals surface area contributed by atoms with Gasteiger partial charge in [0.15, 0.2) is 11.5 Å². The van der Waals surface area contributed by atoms with Gasteiger partial charge in [0.1, 0.15) is 0 Å². The van der Waals surface area contributed by atoms with Gasteiger partial charge in [-0.2, -0.15) is 5.10 Å². The number of hydrogen-bond donors (Lipinski definition) is 1. The highest BCUT2D eigenvalue weighted by molar-refractivity contribution is 7.13. The van der Waals surface area contributed by atoms with Crippen LogP contribution in [0, 0.1) is 0 Å². The maximum absolute atomic E-state index is 11.4. The SMILES string of the molecule is CCOC(=O)Cc1csc(NN=Cc2ccc(OC(C)=O)c(OCC)c2)n1. The van der Waals surface area contributed by atoms with Crippen LogP contribution in [0.5, 0.6) is 11.5 Å². The molecule has 0 fully saturated rings. The fourth-order valence-corrected chi connectivity index (χ4v) is 2.73. The third-order valence-corrected chi connectivity index (χ3v) is 3.87. The summed E-state index contributed by atoms with van der Waals surface area (Å²) < 4.78 is 15.5. The van der Waals surface area contributed by atoms with Crippen molar-refractivity contribution < 1.29 is 23.8 Å². The first-order valence-electron chi connectivity index (χ1n) is 8.36. The molecular formula is C18H21N3O5S. The molecule has 1 N–H and O–H groups in total. The van der Waals surface area contributed by atoms with Crippen LogP contribution in [0.4, 0.5) is 5.13 Å². The Hall–Kier alpha value is -2.94. The zero-order valence-electron chi connectivity index (χ0n) is 15.4. The number of rotatable bonds is 9. The Morgan fingerprint density at radius 3 is 2.78 bits per heavy atom. The quantitative estimate of drug-likeness (QED) is 0.304. The highest BCUT2D eigenvalue weighted by Crippen LogP contribution is 2.28. The Morgan fingerprint density at radius 2 is 2.07 bits per heavy atom. The number of thiazole rings is 1. The molecule has 0 spiro atoms. The molecule has 2 rings (SSSR count). The highest BCUT2D eigenvalue weighted by atomic mass is 32.1. The molecule has 0 amide bonds. The maximum atomic E-state index is 11.4. The topological polar surface area (TPSA) is 99.1 Å². The van der Waals surface area contributed by atoms with Crippen LogP contribution in [0.2, 0.25) is 0 Å². The smallest absolute Gasteiger partial charge is 0.311 e. The van der Waals surface area contributed by atoms with Crippen LogP contribution in [0.25, 0.3) is 0 Å². The van der Waals surface area contributed by atoms with E-state index >= 15 is 0 Å². The van der Waals surface area contributed by atoms with Gasteiger partial charge in [0.25, 0.3) is 0 Å². The average molecular weight is 391 g/mol. The molecule has 2 aromatic rings. The monoisotopic (exact) mass is 391 g/mol. The standard InChI is InChI=1S/C18H21N3O5S/c1-4-24-16-8-13(6-7-15(16)26-12(3)22)10-19-21-18-20-14(11-27-18)9-17(23)25-5-2/h6-8,10-11H,4-5,9H2,1-3H3,(H,20,21). The summed E-state index contributed by atoms with van der Waals surface area (Å²) >= 11 is 1.34. The van der Waals surface area contributed by atoms with Crippen LogP contribution in [0.1, 0.15) is 32.0 Å². The molecule has 0 aliphatic rings. The van der Waals surface area contributed by atoms with E-state index in [1.165, 1.54) is 18.3 Å². The van der Waals surface area contributed by atoms with Crippen LogP contribution in [0.3, 0.4) is 0 Å². The highest BCUT2D eigenvalue weighted by Gasteiger charge is 2.09. The molecule has 0 bridgehead atoms. The molecule has 0 saturated heterocycles. The number of hydrogen-bond acceptors (Lipinski definition) is 9. The maximum Gasteiger partial charge on any atom is 0.311 e. The summed E-state index contributed by atoms with van der Waals surface area (Å²) in [7, 11) is 0. The van der Waals surface area contributed by atoms with Crippen molar-refractivity contribution >= 4 is 34.6 Å². The Bertz CT molecular complexity index is 819. The first-order chi connectivity index (χ1) is 13.0. The normalized spacial score (nSPS) is 10.6. The molecule has 1 aromatic carbocycles. The molecule has 0 aliphatic heterocycles. The number of carbonyl (C=O) groups is 2. The second-order valence-electron chi connectivity index (χ2n) is 5.23. The summed E-state index contributed by atoms with van der Waals surface area (Å²) in [4.78, 5) is 26.9. The first-order valence-corrected chi connectivity index (χ1v) is 9.24. The summed E-state index contributed by atoms with van der Waals surface area (Å²) in [6.07, 6.45) is 1.72. The minimum atomic E-state index is -0.415. The molecule has 0 atom stereocenters. The molecule has 0 aliphatic carbocycles. The number of nitrogens with one attached hydrogen (secondary N) is 1. The van der Waals surface area contributed by atoms with Crippen molar-refractivity contribution in [2.75, 3.05) is 18.6 Å². The van der Waals surface area contributed by atoms with Gasteiger partial charge in [-0.05, 0) is 37.6 Å². The summed E-state index contributed by atoms with van der Waals surface area (Å²) in [6.45, 7) is 5.72. The largest absolute Gasteiger partial charge is 0.490 e. The lowest BCUT2D eigenvalue weighted by molar-refractivity contribution is -0.142. The Morgan fingerprint density at radius 1 is 1.26 bits per heavy atom. The summed E-state index contributed by atoms with van der Waals surface area (Å²) in [6, 6.07) is 5.12. The van der Waals surface area contributed by atoms with E-state index in [9.17, 15) is 9.59 Å². The van der Waals surface area contributed by atoms with Crippen LogP contribution < -0.4 is 14.9 Å². The van der Waals surface area contributed by atoms with Gasteiger partial charge in [-0.3, -0.25) is 15.0 Å². The zero-order chi connectivity index (χ0) is 19.6. The fourth-order valence-electron chi connectivity index (χ4n) is 2.07. The Kier molecular flexibility index (Phi) is 7.75. The number of benzene rings is 1. The number of hydrazone groups is 1. The minimum Gasteiger partial charge on any atom is -0.490 e. The second kappa shape index (κ2) is 10.3. The lowest BCUT2D eigenvalue weighted by atomic mass is 10.2. The number of anilines is 1. The molecule has 0 saturated carbocycles. The van der Waals surface area contributed by atoms with E-state index in [1.54, 1.807) is 36.7 Å².